The highest BCUT2D eigenvalue weighted by Crippen LogP contribution is 2.20. The Morgan fingerprint density at radius 2 is 2.33 bits per heavy atom. The van der Waals surface area contributed by atoms with Crippen LogP contribution in [0.15, 0.2) is 18.3 Å². The molecule has 1 nitrogen and oxygen atoms in total. The average molecular weight is 167 g/mol. The molecule has 0 radical (unpaired) electrons. The first-order chi connectivity index (χ1) is 5.75. The summed E-state index contributed by atoms with van der Waals surface area (Å²) in [5.41, 5.74) is 0.597. The van der Waals surface area contributed by atoms with E-state index in [4.69, 9.17) is 0 Å². The van der Waals surface area contributed by atoms with Crippen molar-refractivity contribution in [3.63, 3.8) is 0 Å². The molecule has 0 bridgehead atoms. The summed E-state index contributed by atoms with van der Waals surface area (Å²) >= 11 is 0. The zero-order chi connectivity index (χ0) is 8.97. The van der Waals surface area contributed by atoms with Gasteiger partial charge < -0.3 is 0 Å². The Balaban J connectivity index is 2.79. The van der Waals surface area contributed by atoms with Gasteiger partial charge in [0, 0.05) is 12.1 Å². The molecule has 0 aliphatic heterocycles. The number of rotatable bonds is 3. The Morgan fingerprint density at radius 3 is 2.92 bits per heavy atom. The molecule has 1 atom stereocenters. The van der Waals surface area contributed by atoms with Crippen LogP contribution in [0.3, 0.4) is 0 Å². The maximum absolute atomic E-state index is 13.1. The smallest absolute Gasteiger partial charge is 0.144 e. The van der Waals surface area contributed by atoms with Gasteiger partial charge in [-0.2, -0.15) is 0 Å². The fourth-order valence-corrected chi connectivity index (χ4v) is 1.33. The molecule has 1 heterocycles. The van der Waals surface area contributed by atoms with E-state index in [1.165, 1.54) is 6.07 Å². The zero-order valence-electron chi connectivity index (χ0n) is 7.55. The molecule has 2 heteroatoms. The maximum Gasteiger partial charge on any atom is 0.144 e. The quantitative estimate of drug-likeness (QED) is 0.674. The van der Waals surface area contributed by atoms with Crippen molar-refractivity contribution in [3.8, 4) is 0 Å². The van der Waals surface area contributed by atoms with Crippen molar-refractivity contribution in [2.75, 3.05) is 0 Å². The zero-order valence-corrected chi connectivity index (χ0v) is 7.55. The molecule has 1 rings (SSSR count). The molecule has 0 N–H and O–H groups in total. The van der Waals surface area contributed by atoms with Crippen LogP contribution in [0.2, 0.25) is 0 Å². The van der Waals surface area contributed by atoms with Gasteiger partial charge in [-0.05, 0) is 18.6 Å². The van der Waals surface area contributed by atoms with Gasteiger partial charge in [0.15, 0.2) is 0 Å². The summed E-state index contributed by atoms with van der Waals surface area (Å²) in [5.74, 6) is 0.0506. The molecule has 0 aliphatic carbocycles. The van der Waals surface area contributed by atoms with Crippen molar-refractivity contribution < 1.29 is 4.39 Å². The number of pyridine rings is 1. The van der Waals surface area contributed by atoms with Gasteiger partial charge in [0.05, 0.1) is 5.69 Å². The van der Waals surface area contributed by atoms with E-state index < -0.39 is 0 Å². The highest BCUT2D eigenvalue weighted by molar-refractivity contribution is 5.11. The van der Waals surface area contributed by atoms with Crippen molar-refractivity contribution in [2.24, 2.45) is 0 Å². The van der Waals surface area contributed by atoms with E-state index in [1.54, 1.807) is 12.3 Å². The van der Waals surface area contributed by atoms with Gasteiger partial charge in [-0.15, -0.1) is 0 Å². The molecule has 0 saturated heterocycles. The highest BCUT2D eigenvalue weighted by atomic mass is 19.1. The van der Waals surface area contributed by atoms with Crippen molar-refractivity contribution in [1.29, 1.82) is 0 Å². The Morgan fingerprint density at radius 1 is 1.58 bits per heavy atom. The van der Waals surface area contributed by atoms with Crippen LogP contribution in [0.5, 0.6) is 0 Å². The second-order valence-electron chi connectivity index (χ2n) is 3.06. The topological polar surface area (TPSA) is 12.9 Å². The van der Waals surface area contributed by atoms with E-state index >= 15 is 0 Å². The van der Waals surface area contributed by atoms with Crippen LogP contribution in [0, 0.1) is 5.82 Å². The molecule has 1 aromatic heterocycles. The van der Waals surface area contributed by atoms with Crippen LogP contribution in [-0.4, -0.2) is 4.98 Å². The molecule has 0 spiro atoms. The predicted octanol–water partition coefficient (Wildman–Crippen LogP) is 3.12. The van der Waals surface area contributed by atoms with Gasteiger partial charge >= 0.3 is 0 Å². The largest absolute Gasteiger partial charge is 0.258 e. The highest BCUT2D eigenvalue weighted by Gasteiger charge is 2.09. The van der Waals surface area contributed by atoms with Gasteiger partial charge in [0.2, 0.25) is 0 Å². The van der Waals surface area contributed by atoms with E-state index in [9.17, 15) is 4.39 Å². The summed E-state index contributed by atoms with van der Waals surface area (Å²) in [4.78, 5) is 4.02. The van der Waals surface area contributed by atoms with Crippen LogP contribution in [-0.2, 0) is 0 Å². The van der Waals surface area contributed by atoms with E-state index in [-0.39, 0.29) is 11.7 Å². The summed E-state index contributed by atoms with van der Waals surface area (Å²) in [6, 6.07) is 3.09. The van der Waals surface area contributed by atoms with Gasteiger partial charge in [-0.3, -0.25) is 4.98 Å². The summed E-state index contributed by atoms with van der Waals surface area (Å²) < 4.78 is 13.1. The molecule has 66 valence electrons. The van der Waals surface area contributed by atoms with Crippen molar-refractivity contribution in [1.82, 2.24) is 4.98 Å². The molecule has 1 aromatic rings. The van der Waals surface area contributed by atoms with Crippen LogP contribution in [0.4, 0.5) is 4.39 Å². The number of aromatic nitrogens is 1. The van der Waals surface area contributed by atoms with Gasteiger partial charge in [-0.1, -0.05) is 20.3 Å². The monoisotopic (exact) mass is 167 g/mol. The second kappa shape index (κ2) is 4.19. The normalized spacial score (nSPS) is 12.9. The number of halogens is 1. The molecule has 12 heavy (non-hydrogen) atoms. The number of hydrogen-bond donors (Lipinski definition) is 0. The first kappa shape index (κ1) is 9.17. The van der Waals surface area contributed by atoms with Crippen LogP contribution in [0.25, 0.3) is 0 Å². The van der Waals surface area contributed by atoms with Crippen LogP contribution in [0.1, 0.15) is 38.3 Å². The van der Waals surface area contributed by atoms with Crippen molar-refractivity contribution in [2.45, 2.75) is 32.6 Å². The lowest BCUT2D eigenvalue weighted by atomic mass is 10.0. The Bertz CT molecular complexity index is 247. The van der Waals surface area contributed by atoms with E-state index in [2.05, 4.69) is 11.9 Å². The van der Waals surface area contributed by atoms with E-state index in [0.29, 0.717) is 5.69 Å². The maximum atomic E-state index is 13.1. The van der Waals surface area contributed by atoms with Gasteiger partial charge in [0.1, 0.15) is 5.82 Å². The lowest BCUT2D eigenvalue weighted by Gasteiger charge is -2.09. The molecule has 0 saturated carbocycles. The first-order valence-electron chi connectivity index (χ1n) is 4.36. The summed E-state index contributed by atoms with van der Waals surface area (Å²) in [5, 5.41) is 0. The standard InChI is InChI=1S/C10H14FN/c1-3-5-8(2)10-9(11)6-4-7-12-10/h4,6-8H,3,5H2,1-2H3. The number of hydrogen-bond acceptors (Lipinski definition) is 1. The third kappa shape index (κ3) is 2.03. The fourth-order valence-electron chi connectivity index (χ4n) is 1.33. The van der Waals surface area contributed by atoms with E-state index in [0.717, 1.165) is 12.8 Å². The molecule has 0 aliphatic rings. The predicted molar refractivity (Wildman–Crippen MR) is 47.5 cm³/mol. The summed E-state index contributed by atoms with van der Waals surface area (Å²) in [6.07, 6.45) is 3.70. The Hall–Kier alpha value is -0.920. The van der Waals surface area contributed by atoms with Crippen LogP contribution >= 0.6 is 0 Å². The minimum Gasteiger partial charge on any atom is -0.258 e. The average Bonchev–Trinajstić information content (AvgIpc) is 2.05. The van der Waals surface area contributed by atoms with Crippen molar-refractivity contribution >= 4 is 0 Å². The Kier molecular flexibility index (Phi) is 3.20. The minimum absolute atomic E-state index is 0.182. The third-order valence-electron chi connectivity index (χ3n) is 1.98. The van der Waals surface area contributed by atoms with E-state index in [1.807, 2.05) is 6.92 Å². The summed E-state index contributed by atoms with van der Waals surface area (Å²) in [7, 11) is 0. The first-order valence-corrected chi connectivity index (χ1v) is 4.36. The molecule has 0 amide bonds. The van der Waals surface area contributed by atoms with Crippen molar-refractivity contribution in [3.05, 3.63) is 29.8 Å². The molecule has 1 unspecified atom stereocenters. The molecular weight excluding hydrogens is 153 g/mol. The van der Waals surface area contributed by atoms with Gasteiger partial charge in [-0.25, -0.2) is 4.39 Å². The minimum atomic E-state index is -0.182. The van der Waals surface area contributed by atoms with Gasteiger partial charge in [0.25, 0.3) is 0 Å². The van der Waals surface area contributed by atoms with Crippen LogP contribution < -0.4 is 0 Å². The molecular formula is C10H14FN. The SMILES string of the molecule is CCCC(C)c1ncccc1F. The second-order valence-corrected chi connectivity index (χ2v) is 3.06. The molecule has 0 aromatic carbocycles. The lowest BCUT2D eigenvalue weighted by molar-refractivity contribution is 0.554. The summed E-state index contributed by atoms with van der Waals surface area (Å²) in [6.45, 7) is 4.10. The molecule has 0 fully saturated rings. The lowest BCUT2D eigenvalue weighted by Crippen LogP contribution is -1.99. The third-order valence-corrected chi connectivity index (χ3v) is 1.98. The number of nitrogens with zero attached hydrogens (tertiary/aromatic N) is 1. The Labute approximate surface area is 72.6 Å². The fraction of sp³-hybridized carbons (Fsp3) is 0.500.